The maximum atomic E-state index is 11.1. The zero-order chi connectivity index (χ0) is 10.8. The molecule has 0 aromatic carbocycles. The van der Waals surface area contributed by atoms with E-state index in [2.05, 4.69) is 10.3 Å². The van der Waals surface area contributed by atoms with Gasteiger partial charge in [-0.1, -0.05) is 5.21 Å². The Morgan fingerprint density at radius 3 is 2.80 bits per heavy atom. The molecule has 0 N–H and O–H groups in total. The Hall–Kier alpha value is -1.91. The van der Waals surface area contributed by atoms with Crippen molar-refractivity contribution in [2.24, 2.45) is 7.05 Å². The van der Waals surface area contributed by atoms with E-state index in [1.807, 2.05) is 30.2 Å². The van der Waals surface area contributed by atoms with Crippen LogP contribution in [0.5, 0.6) is 0 Å². The first-order chi connectivity index (χ1) is 7.15. The predicted octanol–water partition coefficient (Wildman–Crippen LogP) is 0.868. The summed E-state index contributed by atoms with van der Waals surface area (Å²) in [6.45, 7) is 2.20. The number of aryl methyl sites for hydroxylation is 1. The van der Waals surface area contributed by atoms with E-state index < -0.39 is 0 Å². The molecule has 2 aromatic rings. The monoisotopic (exact) mass is 204 g/mol. The van der Waals surface area contributed by atoms with E-state index in [0.29, 0.717) is 6.54 Å². The third-order valence-corrected chi connectivity index (χ3v) is 2.15. The lowest BCUT2D eigenvalue weighted by molar-refractivity contribution is 0.101. The molecule has 15 heavy (non-hydrogen) atoms. The lowest BCUT2D eigenvalue weighted by atomic mass is 10.2. The fourth-order valence-electron chi connectivity index (χ4n) is 1.40. The summed E-state index contributed by atoms with van der Waals surface area (Å²) in [4.78, 5) is 11.1. The summed E-state index contributed by atoms with van der Waals surface area (Å²) in [5.41, 5.74) is 1.60. The van der Waals surface area contributed by atoms with Gasteiger partial charge in [0.25, 0.3) is 0 Å². The fraction of sp³-hybridized carbons (Fsp3) is 0.300. The molecule has 0 bridgehead atoms. The average molecular weight is 204 g/mol. The lowest BCUT2D eigenvalue weighted by Gasteiger charge is -1.96. The normalized spacial score (nSPS) is 10.5. The summed E-state index contributed by atoms with van der Waals surface area (Å²) in [7, 11) is 1.83. The highest BCUT2D eigenvalue weighted by Gasteiger charge is 2.03. The second kappa shape index (κ2) is 3.68. The highest BCUT2D eigenvalue weighted by molar-refractivity contribution is 5.93. The molecule has 0 unspecified atom stereocenters. The molecule has 0 fully saturated rings. The Bertz CT molecular complexity index is 483. The van der Waals surface area contributed by atoms with Crippen molar-refractivity contribution in [3.8, 4) is 0 Å². The van der Waals surface area contributed by atoms with Crippen molar-refractivity contribution in [3.63, 3.8) is 0 Å². The molecule has 0 aliphatic carbocycles. The van der Waals surface area contributed by atoms with Gasteiger partial charge < -0.3 is 4.57 Å². The molecular weight excluding hydrogens is 192 g/mol. The van der Waals surface area contributed by atoms with E-state index in [-0.39, 0.29) is 5.78 Å². The van der Waals surface area contributed by atoms with Gasteiger partial charge in [0.15, 0.2) is 5.78 Å². The van der Waals surface area contributed by atoms with E-state index in [1.54, 1.807) is 17.7 Å². The first-order valence-corrected chi connectivity index (χ1v) is 4.67. The number of ketones is 1. The number of hydrogen-bond acceptors (Lipinski definition) is 3. The number of aromatic nitrogens is 4. The van der Waals surface area contributed by atoms with Crippen LogP contribution in [0.15, 0.2) is 24.7 Å². The summed E-state index contributed by atoms with van der Waals surface area (Å²) in [6, 6.07) is 1.80. The zero-order valence-electron chi connectivity index (χ0n) is 8.71. The quantitative estimate of drug-likeness (QED) is 0.697. The Kier molecular flexibility index (Phi) is 2.37. The summed E-state index contributed by atoms with van der Waals surface area (Å²) >= 11 is 0. The number of rotatable bonds is 3. The van der Waals surface area contributed by atoms with Crippen LogP contribution >= 0.6 is 0 Å². The summed E-state index contributed by atoms with van der Waals surface area (Å²) < 4.78 is 3.57. The largest absolute Gasteiger partial charge is 0.347 e. The fourth-order valence-corrected chi connectivity index (χ4v) is 1.40. The molecule has 2 rings (SSSR count). The van der Waals surface area contributed by atoms with Crippen molar-refractivity contribution in [1.82, 2.24) is 19.6 Å². The van der Waals surface area contributed by atoms with Crippen LogP contribution in [-0.2, 0) is 13.6 Å². The molecule has 2 aromatic heterocycles. The topological polar surface area (TPSA) is 52.7 Å². The Morgan fingerprint density at radius 1 is 1.47 bits per heavy atom. The minimum absolute atomic E-state index is 0.0768. The van der Waals surface area contributed by atoms with Gasteiger partial charge in [-0.25, -0.2) is 0 Å². The Labute approximate surface area is 87.3 Å². The van der Waals surface area contributed by atoms with Gasteiger partial charge in [-0.3, -0.25) is 9.48 Å². The van der Waals surface area contributed by atoms with Crippen molar-refractivity contribution in [3.05, 3.63) is 35.9 Å². The molecule has 5 heteroatoms. The van der Waals surface area contributed by atoms with E-state index in [0.717, 1.165) is 11.3 Å². The first-order valence-electron chi connectivity index (χ1n) is 4.67. The van der Waals surface area contributed by atoms with Crippen LogP contribution in [0.1, 0.15) is 23.0 Å². The summed E-state index contributed by atoms with van der Waals surface area (Å²) in [6.07, 6.45) is 5.54. The number of carbonyl (C=O) groups excluding carboxylic acids is 1. The molecule has 0 radical (unpaired) electrons. The predicted molar refractivity (Wildman–Crippen MR) is 54.5 cm³/mol. The lowest BCUT2D eigenvalue weighted by Crippen LogP contribution is -1.97. The van der Waals surface area contributed by atoms with Crippen LogP contribution in [-0.4, -0.2) is 25.3 Å². The molecule has 0 saturated heterocycles. The van der Waals surface area contributed by atoms with Crippen LogP contribution in [0.25, 0.3) is 0 Å². The Morgan fingerprint density at radius 2 is 2.27 bits per heavy atom. The molecular formula is C10H12N4O. The molecule has 0 spiro atoms. The molecule has 0 atom stereocenters. The first kappa shape index (κ1) is 9.64. The van der Waals surface area contributed by atoms with Crippen molar-refractivity contribution in [2.75, 3.05) is 0 Å². The number of carbonyl (C=O) groups is 1. The number of nitrogens with zero attached hydrogens (tertiary/aromatic N) is 4. The molecule has 0 amide bonds. The Balaban J connectivity index is 2.14. The molecule has 0 aliphatic rings. The van der Waals surface area contributed by atoms with E-state index in [9.17, 15) is 4.79 Å². The van der Waals surface area contributed by atoms with Gasteiger partial charge in [-0.05, 0) is 13.0 Å². The van der Waals surface area contributed by atoms with Crippen molar-refractivity contribution in [2.45, 2.75) is 13.5 Å². The SMILES string of the molecule is CC(=O)c1ccn(Cc2cn(C)nn2)c1. The van der Waals surface area contributed by atoms with Crippen molar-refractivity contribution in [1.29, 1.82) is 0 Å². The minimum Gasteiger partial charge on any atom is -0.347 e. The van der Waals surface area contributed by atoms with E-state index in [1.165, 1.54) is 0 Å². The van der Waals surface area contributed by atoms with Crippen molar-refractivity contribution >= 4 is 5.78 Å². The second-order valence-corrected chi connectivity index (χ2v) is 3.51. The zero-order valence-corrected chi connectivity index (χ0v) is 8.71. The van der Waals surface area contributed by atoms with Gasteiger partial charge >= 0.3 is 0 Å². The van der Waals surface area contributed by atoms with Gasteiger partial charge in [0.2, 0.25) is 0 Å². The van der Waals surface area contributed by atoms with Crippen LogP contribution in [0.3, 0.4) is 0 Å². The number of Topliss-reactive ketones (excluding diaryl/α,β-unsaturated/α-hetero) is 1. The number of hydrogen-bond donors (Lipinski definition) is 0. The molecule has 5 nitrogen and oxygen atoms in total. The maximum Gasteiger partial charge on any atom is 0.161 e. The van der Waals surface area contributed by atoms with Gasteiger partial charge in [-0.15, -0.1) is 5.10 Å². The molecule has 0 aliphatic heterocycles. The van der Waals surface area contributed by atoms with Crippen LogP contribution in [0.2, 0.25) is 0 Å². The van der Waals surface area contributed by atoms with Gasteiger partial charge in [0, 0.05) is 31.2 Å². The summed E-state index contributed by atoms with van der Waals surface area (Å²) in [5, 5.41) is 7.81. The summed E-state index contributed by atoms with van der Waals surface area (Å²) in [5.74, 6) is 0.0768. The minimum atomic E-state index is 0.0768. The average Bonchev–Trinajstić information content (AvgIpc) is 2.76. The van der Waals surface area contributed by atoms with Crippen LogP contribution < -0.4 is 0 Å². The standard InChI is InChI=1S/C10H12N4O/c1-8(15)9-3-4-14(5-9)7-10-6-13(2)12-11-10/h3-6H,7H2,1-2H3. The van der Waals surface area contributed by atoms with Crippen LogP contribution in [0, 0.1) is 0 Å². The van der Waals surface area contributed by atoms with Gasteiger partial charge in [0.05, 0.1) is 6.54 Å². The second-order valence-electron chi connectivity index (χ2n) is 3.51. The van der Waals surface area contributed by atoms with E-state index in [4.69, 9.17) is 0 Å². The van der Waals surface area contributed by atoms with E-state index >= 15 is 0 Å². The third kappa shape index (κ3) is 2.12. The molecule has 78 valence electrons. The van der Waals surface area contributed by atoms with Gasteiger partial charge in [0.1, 0.15) is 5.69 Å². The highest BCUT2D eigenvalue weighted by atomic mass is 16.1. The highest BCUT2D eigenvalue weighted by Crippen LogP contribution is 2.04. The molecule has 0 saturated carbocycles. The molecule has 2 heterocycles. The van der Waals surface area contributed by atoms with Gasteiger partial charge in [-0.2, -0.15) is 0 Å². The maximum absolute atomic E-state index is 11.1. The van der Waals surface area contributed by atoms with Crippen LogP contribution in [0.4, 0.5) is 0 Å². The third-order valence-electron chi connectivity index (χ3n) is 2.15. The van der Waals surface area contributed by atoms with Crippen molar-refractivity contribution < 1.29 is 4.79 Å². The smallest absolute Gasteiger partial charge is 0.161 e.